The van der Waals surface area contributed by atoms with Gasteiger partial charge in [0.05, 0.1) is 6.04 Å². The summed E-state index contributed by atoms with van der Waals surface area (Å²) in [5, 5.41) is 13.0. The zero-order valence-electron chi connectivity index (χ0n) is 11.6. The van der Waals surface area contributed by atoms with Gasteiger partial charge in [0.1, 0.15) is 18.1 Å². The lowest BCUT2D eigenvalue weighted by molar-refractivity contribution is 0.311. The average Bonchev–Trinajstić information content (AvgIpc) is 2.83. The van der Waals surface area contributed by atoms with Gasteiger partial charge in [0.2, 0.25) is 0 Å². The van der Waals surface area contributed by atoms with Crippen LogP contribution < -0.4 is 10.1 Å². The lowest BCUT2D eigenvalue weighted by Crippen LogP contribution is -2.24. The van der Waals surface area contributed by atoms with Crippen LogP contribution in [0.5, 0.6) is 11.5 Å². The SMILES string of the molecule is Cc1ccccc1CCNC1COc2cc(O)ccc21. The summed E-state index contributed by atoms with van der Waals surface area (Å²) in [6.07, 6.45) is 1.01. The Labute approximate surface area is 119 Å². The first kappa shape index (κ1) is 13.0. The van der Waals surface area contributed by atoms with Crippen LogP contribution in [0.15, 0.2) is 42.5 Å². The van der Waals surface area contributed by atoms with Crippen molar-refractivity contribution in [1.29, 1.82) is 0 Å². The first-order valence-corrected chi connectivity index (χ1v) is 6.97. The molecule has 0 amide bonds. The Morgan fingerprint density at radius 2 is 2.10 bits per heavy atom. The molecule has 104 valence electrons. The molecule has 1 aliphatic rings. The zero-order chi connectivity index (χ0) is 13.9. The van der Waals surface area contributed by atoms with Crippen LogP contribution in [-0.4, -0.2) is 18.3 Å². The summed E-state index contributed by atoms with van der Waals surface area (Å²) in [5.74, 6) is 1.04. The molecule has 0 saturated heterocycles. The number of benzene rings is 2. The number of phenols is 1. The molecule has 2 N–H and O–H groups in total. The van der Waals surface area contributed by atoms with E-state index in [0.29, 0.717) is 6.61 Å². The van der Waals surface area contributed by atoms with E-state index in [4.69, 9.17) is 4.74 Å². The fourth-order valence-electron chi connectivity index (χ4n) is 2.64. The lowest BCUT2D eigenvalue weighted by Gasteiger charge is -2.12. The second-order valence-electron chi connectivity index (χ2n) is 5.22. The summed E-state index contributed by atoms with van der Waals surface area (Å²) in [4.78, 5) is 0. The smallest absolute Gasteiger partial charge is 0.127 e. The molecule has 0 fully saturated rings. The minimum atomic E-state index is 0.217. The van der Waals surface area contributed by atoms with Gasteiger partial charge >= 0.3 is 0 Å². The number of hydrogen-bond acceptors (Lipinski definition) is 3. The Morgan fingerprint density at radius 3 is 2.95 bits per heavy atom. The number of aryl methyl sites for hydroxylation is 1. The minimum Gasteiger partial charge on any atom is -0.508 e. The van der Waals surface area contributed by atoms with Crippen LogP contribution in [0.25, 0.3) is 0 Å². The first-order valence-electron chi connectivity index (χ1n) is 6.97. The summed E-state index contributed by atoms with van der Waals surface area (Å²) in [6.45, 7) is 3.69. The maximum atomic E-state index is 9.44. The third kappa shape index (κ3) is 2.63. The van der Waals surface area contributed by atoms with Gasteiger partial charge in [0.25, 0.3) is 0 Å². The molecule has 2 aromatic rings. The van der Waals surface area contributed by atoms with Gasteiger partial charge in [0, 0.05) is 11.6 Å². The molecule has 3 heteroatoms. The Kier molecular flexibility index (Phi) is 3.61. The van der Waals surface area contributed by atoms with Crippen molar-refractivity contribution in [1.82, 2.24) is 5.32 Å². The van der Waals surface area contributed by atoms with Gasteiger partial charge in [-0.3, -0.25) is 0 Å². The lowest BCUT2D eigenvalue weighted by atomic mass is 10.0. The minimum absolute atomic E-state index is 0.217. The number of fused-ring (bicyclic) bond motifs is 1. The van der Waals surface area contributed by atoms with Crippen LogP contribution in [0.3, 0.4) is 0 Å². The molecule has 0 aliphatic carbocycles. The predicted molar refractivity (Wildman–Crippen MR) is 79.2 cm³/mol. The van der Waals surface area contributed by atoms with Crippen molar-refractivity contribution in [3.8, 4) is 11.5 Å². The van der Waals surface area contributed by atoms with Crippen LogP contribution in [-0.2, 0) is 6.42 Å². The largest absolute Gasteiger partial charge is 0.508 e. The Balaban J connectivity index is 1.60. The molecule has 2 aromatic carbocycles. The van der Waals surface area contributed by atoms with E-state index in [9.17, 15) is 5.11 Å². The number of rotatable bonds is 4. The standard InChI is InChI=1S/C17H19NO2/c1-12-4-2-3-5-13(12)8-9-18-16-11-20-17-10-14(19)6-7-15(16)17/h2-7,10,16,18-19H,8-9,11H2,1H3. The van der Waals surface area contributed by atoms with E-state index < -0.39 is 0 Å². The molecule has 0 aromatic heterocycles. The molecule has 0 spiro atoms. The number of nitrogens with one attached hydrogen (secondary N) is 1. The summed E-state index contributed by atoms with van der Waals surface area (Å²) in [5.41, 5.74) is 3.85. The third-order valence-corrected chi connectivity index (χ3v) is 3.82. The van der Waals surface area contributed by atoms with Gasteiger partial charge in [-0.1, -0.05) is 24.3 Å². The zero-order valence-corrected chi connectivity index (χ0v) is 11.6. The van der Waals surface area contributed by atoms with Crippen molar-refractivity contribution in [2.45, 2.75) is 19.4 Å². The Bertz CT molecular complexity index is 610. The third-order valence-electron chi connectivity index (χ3n) is 3.82. The molecule has 0 bridgehead atoms. The van der Waals surface area contributed by atoms with Crippen molar-refractivity contribution < 1.29 is 9.84 Å². The molecule has 3 nitrogen and oxygen atoms in total. The predicted octanol–water partition coefficient (Wildman–Crippen LogP) is 2.97. The van der Waals surface area contributed by atoms with Gasteiger partial charge in [-0.05, 0) is 43.1 Å². The van der Waals surface area contributed by atoms with Crippen LogP contribution in [0.2, 0.25) is 0 Å². The Hall–Kier alpha value is -2.00. The molecule has 20 heavy (non-hydrogen) atoms. The first-order chi connectivity index (χ1) is 9.74. The molecule has 1 unspecified atom stereocenters. The summed E-state index contributed by atoms with van der Waals surface area (Å²) in [7, 11) is 0. The quantitative estimate of drug-likeness (QED) is 0.896. The maximum absolute atomic E-state index is 9.44. The van der Waals surface area contributed by atoms with Crippen molar-refractivity contribution in [2.75, 3.05) is 13.2 Å². The summed E-state index contributed by atoms with van der Waals surface area (Å²) in [6, 6.07) is 14.0. The highest BCUT2D eigenvalue weighted by Gasteiger charge is 2.23. The number of hydrogen-bond donors (Lipinski definition) is 2. The monoisotopic (exact) mass is 269 g/mol. The van der Waals surface area contributed by atoms with Gasteiger partial charge in [-0.25, -0.2) is 0 Å². The number of ether oxygens (including phenoxy) is 1. The number of aromatic hydroxyl groups is 1. The van der Waals surface area contributed by atoms with Crippen molar-refractivity contribution >= 4 is 0 Å². The fourth-order valence-corrected chi connectivity index (χ4v) is 2.64. The van der Waals surface area contributed by atoms with Crippen LogP contribution >= 0.6 is 0 Å². The molecule has 0 saturated carbocycles. The molecule has 1 atom stereocenters. The fraction of sp³-hybridized carbons (Fsp3) is 0.294. The second-order valence-corrected chi connectivity index (χ2v) is 5.22. The van der Waals surface area contributed by atoms with Crippen LogP contribution in [0.4, 0.5) is 0 Å². The summed E-state index contributed by atoms with van der Waals surface area (Å²) < 4.78 is 5.60. The summed E-state index contributed by atoms with van der Waals surface area (Å²) >= 11 is 0. The average molecular weight is 269 g/mol. The van der Waals surface area contributed by atoms with E-state index in [1.807, 2.05) is 6.07 Å². The van der Waals surface area contributed by atoms with E-state index in [2.05, 4.69) is 36.5 Å². The van der Waals surface area contributed by atoms with E-state index in [1.165, 1.54) is 11.1 Å². The van der Waals surface area contributed by atoms with Crippen molar-refractivity contribution in [2.24, 2.45) is 0 Å². The molecule has 0 radical (unpaired) electrons. The van der Waals surface area contributed by atoms with E-state index in [1.54, 1.807) is 12.1 Å². The van der Waals surface area contributed by atoms with Crippen molar-refractivity contribution in [3.05, 3.63) is 59.2 Å². The van der Waals surface area contributed by atoms with Crippen molar-refractivity contribution in [3.63, 3.8) is 0 Å². The molecule has 1 aliphatic heterocycles. The van der Waals surface area contributed by atoms with E-state index >= 15 is 0 Å². The van der Waals surface area contributed by atoms with E-state index in [0.717, 1.165) is 24.3 Å². The highest BCUT2D eigenvalue weighted by atomic mass is 16.5. The topological polar surface area (TPSA) is 41.5 Å². The normalized spacial score (nSPS) is 16.8. The molecule has 1 heterocycles. The highest BCUT2D eigenvalue weighted by Crippen LogP contribution is 2.34. The highest BCUT2D eigenvalue weighted by molar-refractivity contribution is 5.44. The van der Waals surface area contributed by atoms with Gasteiger partial charge < -0.3 is 15.2 Å². The molecular formula is C17H19NO2. The van der Waals surface area contributed by atoms with E-state index in [-0.39, 0.29) is 11.8 Å². The van der Waals surface area contributed by atoms with Crippen LogP contribution in [0, 0.1) is 6.92 Å². The molecule has 3 rings (SSSR count). The Morgan fingerprint density at radius 1 is 1.25 bits per heavy atom. The van der Waals surface area contributed by atoms with Crippen LogP contribution in [0.1, 0.15) is 22.7 Å². The maximum Gasteiger partial charge on any atom is 0.127 e. The number of phenolic OH excluding ortho intramolecular Hbond substituents is 1. The molecular weight excluding hydrogens is 250 g/mol. The van der Waals surface area contributed by atoms with Gasteiger partial charge in [-0.2, -0.15) is 0 Å². The van der Waals surface area contributed by atoms with Gasteiger partial charge in [0.15, 0.2) is 0 Å². The van der Waals surface area contributed by atoms with Gasteiger partial charge in [-0.15, -0.1) is 0 Å². The second kappa shape index (κ2) is 5.55.